The van der Waals surface area contributed by atoms with E-state index in [0.29, 0.717) is 6.61 Å². The molecule has 0 spiro atoms. The topological polar surface area (TPSA) is 58.6 Å². The lowest BCUT2D eigenvalue weighted by molar-refractivity contribution is -0.147. The van der Waals surface area contributed by atoms with Crippen LogP contribution in [0.4, 0.5) is 0 Å². The predicted molar refractivity (Wildman–Crippen MR) is 71.7 cm³/mol. The van der Waals surface area contributed by atoms with Crippen molar-refractivity contribution in [3.8, 4) is 0 Å². The van der Waals surface area contributed by atoms with E-state index in [9.17, 15) is 9.90 Å². The van der Waals surface area contributed by atoms with Gasteiger partial charge in [-0.3, -0.25) is 4.79 Å². The van der Waals surface area contributed by atoms with Crippen LogP contribution in [0.5, 0.6) is 0 Å². The van der Waals surface area contributed by atoms with Gasteiger partial charge in [0.2, 0.25) is 0 Å². The summed E-state index contributed by atoms with van der Waals surface area (Å²) >= 11 is 0. The van der Waals surface area contributed by atoms with Gasteiger partial charge in [-0.15, -0.1) is 0 Å². The van der Waals surface area contributed by atoms with E-state index < -0.39 is 11.5 Å². The lowest BCUT2D eigenvalue weighted by Crippen LogP contribution is -2.55. The molecule has 4 nitrogen and oxygen atoms in total. The molecule has 1 fully saturated rings. The predicted octanol–water partition coefficient (Wildman–Crippen LogP) is 2.43. The molecule has 1 aliphatic carbocycles. The number of carboxylic acid groups (broad SMARTS) is 1. The normalized spacial score (nSPS) is 27.6. The molecule has 2 atom stereocenters. The molecule has 0 amide bonds. The minimum absolute atomic E-state index is 0.207. The Labute approximate surface area is 110 Å². The Bertz CT molecular complexity index is 257. The zero-order chi connectivity index (χ0) is 13.4. The fourth-order valence-corrected chi connectivity index (χ4v) is 2.88. The Morgan fingerprint density at radius 1 is 1.39 bits per heavy atom. The first-order valence-electron chi connectivity index (χ1n) is 7.23. The minimum atomic E-state index is -0.703. The second-order valence-electron chi connectivity index (χ2n) is 5.19. The molecule has 0 bridgehead atoms. The standard InChI is InChI=1S/C14H27NO3/c1-3-9-15-14(13(16)17)8-5-6-12(14)7-11-18-10-4-2/h12,15H,3-11H2,1-2H3,(H,16,17). The fraction of sp³-hybridized carbons (Fsp3) is 0.929. The van der Waals surface area contributed by atoms with Crippen LogP contribution >= 0.6 is 0 Å². The van der Waals surface area contributed by atoms with Crippen LogP contribution in [-0.4, -0.2) is 36.4 Å². The van der Waals surface area contributed by atoms with E-state index in [1.165, 1.54) is 0 Å². The van der Waals surface area contributed by atoms with Crippen molar-refractivity contribution in [2.24, 2.45) is 5.92 Å². The first-order chi connectivity index (χ1) is 8.67. The van der Waals surface area contributed by atoms with Crippen molar-refractivity contribution >= 4 is 5.97 Å². The molecule has 0 aromatic heterocycles. The molecule has 0 saturated heterocycles. The van der Waals surface area contributed by atoms with Crippen molar-refractivity contribution in [2.45, 2.75) is 57.9 Å². The molecule has 0 radical (unpaired) electrons. The Morgan fingerprint density at radius 3 is 2.78 bits per heavy atom. The lowest BCUT2D eigenvalue weighted by Gasteiger charge is -2.32. The highest BCUT2D eigenvalue weighted by atomic mass is 16.5. The molecule has 1 aliphatic rings. The van der Waals surface area contributed by atoms with Crippen LogP contribution in [0.25, 0.3) is 0 Å². The van der Waals surface area contributed by atoms with E-state index in [1.807, 2.05) is 0 Å². The molecule has 4 heteroatoms. The van der Waals surface area contributed by atoms with E-state index in [1.54, 1.807) is 0 Å². The summed E-state index contributed by atoms with van der Waals surface area (Å²) < 4.78 is 5.50. The van der Waals surface area contributed by atoms with E-state index in [4.69, 9.17) is 4.74 Å². The Balaban J connectivity index is 2.54. The summed E-state index contributed by atoms with van der Waals surface area (Å²) in [5.74, 6) is -0.479. The van der Waals surface area contributed by atoms with Crippen molar-refractivity contribution in [1.82, 2.24) is 5.32 Å². The second-order valence-corrected chi connectivity index (χ2v) is 5.19. The number of ether oxygens (including phenoxy) is 1. The second kappa shape index (κ2) is 7.74. The number of hydrogen-bond donors (Lipinski definition) is 2. The molecule has 1 rings (SSSR count). The first kappa shape index (κ1) is 15.4. The summed E-state index contributed by atoms with van der Waals surface area (Å²) in [5, 5.41) is 12.8. The largest absolute Gasteiger partial charge is 0.480 e. The molecule has 0 aromatic carbocycles. The SMILES string of the molecule is CCCNC1(C(=O)O)CCCC1CCOCCC. The average molecular weight is 257 g/mol. The van der Waals surface area contributed by atoms with Gasteiger partial charge >= 0.3 is 5.97 Å². The third-order valence-corrected chi connectivity index (χ3v) is 3.85. The van der Waals surface area contributed by atoms with E-state index in [2.05, 4.69) is 19.2 Å². The van der Waals surface area contributed by atoms with Gasteiger partial charge in [-0.2, -0.15) is 0 Å². The van der Waals surface area contributed by atoms with Crippen molar-refractivity contribution in [1.29, 1.82) is 0 Å². The van der Waals surface area contributed by atoms with Gasteiger partial charge in [0.25, 0.3) is 0 Å². The lowest BCUT2D eigenvalue weighted by atomic mass is 9.84. The van der Waals surface area contributed by atoms with Crippen LogP contribution in [0.3, 0.4) is 0 Å². The zero-order valence-electron chi connectivity index (χ0n) is 11.7. The number of hydrogen-bond acceptors (Lipinski definition) is 3. The molecule has 0 aromatic rings. The van der Waals surface area contributed by atoms with Gasteiger partial charge in [-0.05, 0) is 44.6 Å². The fourth-order valence-electron chi connectivity index (χ4n) is 2.88. The average Bonchev–Trinajstić information content (AvgIpc) is 2.76. The third-order valence-electron chi connectivity index (χ3n) is 3.85. The van der Waals surface area contributed by atoms with Crippen molar-refractivity contribution in [2.75, 3.05) is 19.8 Å². The molecule has 2 N–H and O–H groups in total. The number of rotatable bonds is 9. The molecule has 106 valence electrons. The van der Waals surface area contributed by atoms with Gasteiger partial charge in [0, 0.05) is 13.2 Å². The van der Waals surface area contributed by atoms with Crippen LogP contribution in [0.1, 0.15) is 52.4 Å². The summed E-state index contributed by atoms with van der Waals surface area (Å²) in [6, 6.07) is 0. The highest BCUT2D eigenvalue weighted by Gasteiger charge is 2.48. The first-order valence-corrected chi connectivity index (χ1v) is 7.23. The monoisotopic (exact) mass is 257 g/mol. The maximum atomic E-state index is 11.6. The molecule has 0 heterocycles. The molecule has 2 unspecified atom stereocenters. The smallest absolute Gasteiger partial charge is 0.324 e. The highest BCUT2D eigenvalue weighted by molar-refractivity contribution is 5.79. The van der Waals surface area contributed by atoms with Gasteiger partial charge in [0.1, 0.15) is 5.54 Å². The van der Waals surface area contributed by atoms with Crippen LogP contribution in [-0.2, 0) is 9.53 Å². The van der Waals surface area contributed by atoms with Gasteiger partial charge in [0.05, 0.1) is 0 Å². The van der Waals surface area contributed by atoms with Crippen LogP contribution < -0.4 is 5.32 Å². The minimum Gasteiger partial charge on any atom is -0.480 e. The highest BCUT2D eigenvalue weighted by Crippen LogP contribution is 2.38. The molecule has 18 heavy (non-hydrogen) atoms. The van der Waals surface area contributed by atoms with Crippen LogP contribution in [0.2, 0.25) is 0 Å². The van der Waals surface area contributed by atoms with Gasteiger partial charge in [0.15, 0.2) is 0 Å². The molecule has 0 aliphatic heterocycles. The van der Waals surface area contributed by atoms with Crippen LogP contribution in [0.15, 0.2) is 0 Å². The Hall–Kier alpha value is -0.610. The van der Waals surface area contributed by atoms with Crippen molar-refractivity contribution < 1.29 is 14.6 Å². The molecular formula is C14H27NO3. The summed E-state index contributed by atoms with van der Waals surface area (Å²) in [7, 11) is 0. The van der Waals surface area contributed by atoms with E-state index in [-0.39, 0.29) is 5.92 Å². The number of carboxylic acids is 1. The summed E-state index contributed by atoms with van der Waals surface area (Å²) in [6.45, 7) is 6.38. The maximum absolute atomic E-state index is 11.6. The molecule has 1 saturated carbocycles. The van der Waals surface area contributed by atoms with Crippen LogP contribution in [0, 0.1) is 5.92 Å². The molecular weight excluding hydrogens is 230 g/mol. The van der Waals surface area contributed by atoms with Gasteiger partial charge < -0.3 is 15.2 Å². The number of carbonyl (C=O) groups is 1. The van der Waals surface area contributed by atoms with Crippen molar-refractivity contribution in [3.05, 3.63) is 0 Å². The van der Waals surface area contributed by atoms with E-state index >= 15 is 0 Å². The maximum Gasteiger partial charge on any atom is 0.324 e. The number of nitrogens with one attached hydrogen (secondary N) is 1. The third kappa shape index (κ3) is 3.69. The van der Waals surface area contributed by atoms with E-state index in [0.717, 1.165) is 51.7 Å². The summed E-state index contributed by atoms with van der Waals surface area (Å²) in [5.41, 5.74) is -0.703. The van der Waals surface area contributed by atoms with Crippen molar-refractivity contribution in [3.63, 3.8) is 0 Å². The Morgan fingerprint density at radius 2 is 2.17 bits per heavy atom. The number of aliphatic carboxylic acids is 1. The summed E-state index contributed by atoms with van der Waals surface area (Å²) in [4.78, 5) is 11.6. The summed E-state index contributed by atoms with van der Waals surface area (Å²) in [6.07, 6.45) is 5.58. The van der Waals surface area contributed by atoms with Gasteiger partial charge in [-0.1, -0.05) is 20.3 Å². The van der Waals surface area contributed by atoms with Gasteiger partial charge in [-0.25, -0.2) is 0 Å². The Kier molecular flexibility index (Phi) is 6.65. The zero-order valence-corrected chi connectivity index (χ0v) is 11.7. The quantitative estimate of drug-likeness (QED) is 0.623.